The van der Waals surface area contributed by atoms with Gasteiger partial charge in [0.05, 0.1) is 5.56 Å². The fourth-order valence-corrected chi connectivity index (χ4v) is 3.48. The molecule has 5 heteroatoms. The van der Waals surface area contributed by atoms with Crippen molar-refractivity contribution in [2.24, 2.45) is 0 Å². The average Bonchev–Trinajstić information content (AvgIpc) is 2.36. The number of carbonyl (C=O) groups is 1. The van der Waals surface area contributed by atoms with Crippen molar-refractivity contribution in [1.29, 1.82) is 0 Å². The highest BCUT2D eigenvalue weighted by Gasteiger charge is 2.42. The maximum absolute atomic E-state index is 11.9. The van der Waals surface area contributed by atoms with Crippen LogP contribution in [0.15, 0.2) is 29.2 Å². The zero-order chi connectivity index (χ0) is 11.2. The molecule has 1 aromatic rings. The molecule has 0 atom stereocenters. The van der Waals surface area contributed by atoms with Gasteiger partial charge in [-0.25, -0.2) is 12.7 Å². The van der Waals surface area contributed by atoms with Crippen molar-refractivity contribution in [3.05, 3.63) is 29.8 Å². The number of carbonyl (C=O) groups excluding carboxylic acids is 1. The Kier molecular flexibility index (Phi) is 2.08. The van der Waals surface area contributed by atoms with Crippen LogP contribution in [0.25, 0.3) is 0 Å². The Labute approximate surface area is 88.6 Å². The first-order valence-electron chi connectivity index (χ1n) is 4.64. The summed E-state index contributed by atoms with van der Waals surface area (Å²) in [6.07, 6.45) is 0. The second kappa shape index (κ2) is 3.06. The van der Waals surface area contributed by atoms with Gasteiger partial charge in [-0.3, -0.25) is 4.79 Å². The van der Waals surface area contributed by atoms with Crippen LogP contribution in [0.3, 0.4) is 0 Å². The second-order valence-corrected chi connectivity index (χ2v) is 5.48. The summed E-state index contributed by atoms with van der Waals surface area (Å²) in [5, 5.41) is 0. The topological polar surface area (TPSA) is 54.5 Å². The lowest BCUT2D eigenvalue weighted by Crippen LogP contribution is -2.36. The molecule has 0 aliphatic carbocycles. The summed E-state index contributed by atoms with van der Waals surface area (Å²) < 4.78 is 24.8. The molecule has 2 rings (SSSR count). The maximum atomic E-state index is 11.9. The molecule has 1 aromatic carbocycles. The smallest absolute Gasteiger partial charge is 0.268 e. The first-order valence-corrected chi connectivity index (χ1v) is 6.08. The SMILES string of the molecule is CC(C)N1C(=O)c2ccccc2S1(=O)=O. The highest BCUT2D eigenvalue weighted by atomic mass is 32.2. The van der Waals surface area contributed by atoms with Gasteiger partial charge in [-0.2, -0.15) is 0 Å². The molecule has 1 amide bonds. The Morgan fingerprint density at radius 2 is 1.80 bits per heavy atom. The van der Waals surface area contributed by atoms with Crippen LogP contribution in [0.1, 0.15) is 24.2 Å². The zero-order valence-electron chi connectivity index (χ0n) is 8.47. The van der Waals surface area contributed by atoms with Crippen LogP contribution >= 0.6 is 0 Å². The summed E-state index contributed by atoms with van der Waals surface area (Å²) in [5.74, 6) is -0.430. The minimum Gasteiger partial charge on any atom is -0.268 e. The van der Waals surface area contributed by atoms with Crippen molar-refractivity contribution in [1.82, 2.24) is 4.31 Å². The van der Waals surface area contributed by atoms with E-state index in [2.05, 4.69) is 0 Å². The number of hydrogen-bond donors (Lipinski definition) is 0. The first kappa shape index (κ1) is 10.2. The maximum Gasteiger partial charge on any atom is 0.269 e. The molecule has 1 aliphatic rings. The minimum absolute atomic E-state index is 0.115. The summed E-state index contributed by atoms with van der Waals surface area (Å²) >= 11 is 0. The number of hydrogen-bond acceptors (Lipinski definition) is 3. The van der Waals surface area contributed by atoms with Crippen molar-refractivity contribution in [2.45, 2.75) is 24.8 Å². The third-order valence-electron chi connectivity index (χ3n) is 2.32. The molecule has 0 radical (unpaired) electrons. The van der Waals surface area contributed by atoms with Crippen LogP contribution in [-0.4, -0.2) is 24.7 Å². The summed E-state index contributed by atoms with van der Waals surface area (Å²) in [7, 11) is -3.61. The van der Waals surface area contributed by atoms with Crippen molar-refractivity contribution < 1.29 is 13.2 Å². The molecular formula is C10H11NO3S. The van der Waals surface area contributed by atoms with Crippen molar-refractivity contribution >= 4 is 15.9 Å². The summed E-state index contributed by atoms with van der Waals surface area (Å²) in [5.41, 5.74) is 0.270. The first-order chi connectivity index (χ1) is 6.96. The van der Waals surface area contributed by atoms with Gasteiger partial charge < -0.3 is 0 Å². The number of fused-ring (bicyclic) bond motifs is 1. The van der Waals surface area contributed by atoms with Gasteiger partial charge >= 0.3 is 0 Å². The van der Waals surface area contributed by atoms with Gasteiger partial charge in [0, 0.05) is 6.04 Å². The third-order valence-corrected chi connectivity index (χ3v) is 4.34. The van der Waals surface area contributed by atoms with Crippen LogP contribution < -0.4 is 0 Å². The van der Waals surface area contributed by atoms with Crippen LogP contribution in [0, 0.1) is 0 Å². The lowest BCUT2D eigenvalue weighted by Gasteiger charge is -2.18. The number of benzene rings is 1. The Hall–Kier alpha value is -1.36. The van der Waals surface area contributed by atoms with E-state index < -0.39 is 15.9 Å². The third kappa shape index (κ3) is 1.26. The lowest BCUT2D eigenvalue weighted by molar-refractivity contribution is 0.0846. The van der Waals surface area contributed by atoms with Gasteiger partial charge in [-0.1, -0.05) is 12.1 Å². The average molecular weight is 225 g/mol. The van der Waals surface area contributed by atoms with Gasteiger partial charge in [-0.05, 0) is 26.0 Å². The molecule has 0 unspecified atom stereocenters. The van der Waals surface area contributed by atoms with E-state index in [4.69, 9.17) is 0 Å². The quantitative estimate of drug-likeness (QED) is 0.722. The van der Waals surface area contributed by atoms with Gasteiger partial charge in [0.2, 0.25) is 0 Å². The summed E-state index contributed by atoms with van der Waals surface area (Å²) in [6, 6.07) is 5.93. The molecular weight excluding hydrogens is 214 g/mol. The number of amides is 1. The van der Waals surface area contributed by atoms with Crippen LogP contribution in [0.5, 0.6) is 0 Å². The molecule has 0 saturated heterocycles. The van der Waals surface area contributed by atoms with Gasteiger partial charge in [0.1, 0.15) is 4.90 Å². The van der Waals surface area contributed by atoms with Crippen LogP contribution in [0.2, 0.25) is 0 Å². The molecule has 0 spiro atoms. The van der Waals surface area contributed by atoms with Gasteiger partial charge in [0.25, 0.3) is 15.9 Å². The van der Waals surface area contributed by atoms with Gasteiger partial charge in [-0.15, -0.1) is 0 Å². The molecule has 0 saturated carbocycles. The van der Waals surface area contributed by atoms with Crippen LogP contribution in [0.4, 0.5) is 0 Å². The molecule has 0 N–H and O–H groups in total. The minimum atomic E-state index is -3.61. The molecule has 0 aromatic heterocycles. The van der Waals surface area contributed by atoms with Gasteiger partial charge in [0.15, 0.2) is 0 Å². The Morgan fingerprint density at radius 3 is 2.33 bits per heavy atom. The molecule has 0 bridgehead atoms. The largest absolute Gasteiger partial charge is 0.269 e. The summed E-state index contributed by atoms with van der Waals surface area (Å²) in [6.45, 7) is 3.36. The number of sulfonamides is 1. The normalized spacial score (nSPS) is 18.3. The van der Waals surface area contributed by atoms with Crippen molar-refractivity contribution in [3.63, 3.8) is 0 Å². The standard InChI is InChI=1S/C10H11NO3S/c1-7(2)11-10(12)8-5-3-4-6-9(8)15(11,13)14/h3-7H,1-2H3. The predicted octanol–water partition coefficient (Wildman–Crippen LogP) is 1.24. The van der Waals surface area contributed by atoms with E-state index >= 15 is 0 Å². The Morgan fingerprint density at radius 1 is 1.20 bits per heavy atom. The van der Waals surface area contributed by atoms with E-state index in [0.717, 1.165) is 4.31 Å². The fraction of sp³-hybridized carbons (Fsp3) is 0.300. The van der Waals surface area contributed by atoms with Crippen molar-refractivity contribution in [2.75, 3.05) is 0 Å². The molecule has 1 heterocycles. The Balaban J connectivity index is 2.71. The highest BCUT2D eigenvalue weighted by molar-refractivity contribution is 7.90. The zero-order valence-corrected chi connectivity index (χ0v) is 9.28. The van der Waals surface area contributed by atoms with E-state index in [-0.39, 0.29) is 16.5 Å². The number of rotatable bonds is 1. The lowest BCUT2D eigenvalue weighted by atomic mass is 10.2. The molecule has 4 nitrogen and oxygen atoms in total. The van der Waals surface area contributed by atoms with E-state index in [1.807, 2.05) is 0 Å². The van der Waals surface area contributed by atoms with E-state index in [9.17, 15) is 13.2 Å². The highest BCUT2D eigenvalue weighted by Crippen LogP contribution is 2.31. The van der Waals surface area contributed by atoms with Crippen LogP contribution in [-0.2, 0) is 10.0 Å². The molecule has 0 fully saturated rings. The molecule has 1 aliphatic heterocycles. The Bertz CT molecular complexity index is 519. The monoisotopic (exact) mass is 225 g/mol. The predicted molar refractivity (Wildman–Crippen MR) is 54.9 cm³/mol. The van der Waals surface area contributed by atoms with E-state index in [0.29, 0.717) is 0 Å². The molecule has 15 heavy (non-hydrogen) atoms. The molecule has 80 valence electrons. The van der Waals surface area contributed by atoms with Crippen molar-refractivity contribution in [3.8, 4) is 0 Å². The number of nitrogens with zero attached hydrogens (tertiary/aromatic N) is 1. The second-order valence-electron chi connectivity index (χ2n) is 3.70. The fourth-order valence-electron chi connectivity index (χ4n) is 1.71. The van der Waals surface area contributed by atoms with E-state index in [1.54, 1.807) is 26.0 Å². The van der Waals surface area contributed by atoms with E-state index in [1.165, 1.54) is 12.1 Å². The summed E-state index contributed by atoms with van der Waals surface area (Å²) in [4.78, 5) is 11.9.